The molecule has 0 saturated carbocycles. The maximum absolute atomic E-state index is 12.5. The molecule has 1 fully saturated rings. The van der Waals surface area contributed by atoms with Crippen LogP contribution in [0.1, 0.15) is 50.9 Å². The molecular weight excluding hydrogens is 336 g/mol. The third-order valence-electron chi connectivity index (χ3n) is 5.66. The van der Waals surface area contributed by atoms with Gasteiger partial charge in [0.25, 0.3) is 5.91 Å². The fourth-order valence-corrected chi connectivity index (χ4v) is 3.57. The smallest absolute Gasteiger partial charge is 0.253 e. The number of fused-ring (bicyclic) bond motifs is 1. The Morgan fingerprint density at radius 2 is 1.67 bits per heavy atom. The van der Waals surface area contributed by atoms with Crippen molar-refractivity contribution in [3.8, 4) is 5.75 Å². The van der Waals surface area contributed by atoms with Gasteiger partial charge in [0.15, 0.2) is 0 Å². The molecule has 0 aliphatic carbocycles. The zero-order valence-corrected chi connectivity index (χ0v) is 17.2. The van der Waals surface area contributed by atoms with E-state index < -0.39 is 0 Å². The summed E-state index contributed by atoms with van der Waals surface area (Å²) < 4.78 is 6.24. The third-order valence-corrected chi connectivity index (χ3v) is 5.66. The van der Waals surface area contributed by atoms with Crippen molar-refractivity contribution in [3.05, 3.63) is 42.0 Å². The first kappa shape index (κ1) is 19.7. The average Bonchev–Trinajstić information content (AvgIpc) is 2.66. The van der Waals surface area contributed by atoms with E-state index in [4.69, 9.17) is 4.74 Å². The Bertz CT molecular complexity index is 792. The molecule has 2 aromatic carbocycles. The monoisotopic (exact) mass is 368 g/mol. The number of piperidine rings is 1. The molecule has 4 heteroatoms. The maximum Gasteiger partial charge on any atom is 0.253 e. The normalized spacial score (nSPS) is 16.3. The Labute approximate surface area is 163 Å². The molecule has 0 N–H and O–H groups in total. The average molecular weight is 369 g/mol. The van der Waals surface area contributed by atoms with Gasteiger partial charge >= 0.3 is 0 Å². The van der Waals surface area contributed by atoms with Crippen molar-refractivity contribution in [1.29, 1.82) is 0 Å². The van der Waals surface area contributed by atoms with Gasteiger partial charge in [-0.3, -0.25) is 4.79 Å². The van der Waals surface area contributed by atoms with E-state index in [2.05, 4.69) is 30.9 Å². The first-order valence-corrected chi connectivity index (χ1v) is 10.1. The van der Waals surface area contributed by atoms with Gasteiger partial charge in [0.2, 0.25) is 0 Å². The van der Waals surface area contributed by atoms with E-state index in [9.17, 15) is 4.79 Å². The number of amides is 1. The van der Waals surface area contributed by atoms with Crippen LogP contribution < -0.4 is 4.74 Å². The molecule has 3 rings (SSSR count). The first-order chi connectivity index (χ1) is 12.8. The number of carbonyl (C=O) groups is 1. The molecule has 1 heterocycles. The quantitative estimate of drug-likeness (QED) is 0.775. The minimum Gasteiger partial charge on any atom is -0.490 e. The van der Waals surface area contributed by atoms with Gasteiger partial charge in [0.05, 0.1) is 0 Å². The second-order valence-corrected chi connectivity index (χ2v) is 8.18. The highest BCUT2D eigenvalue weighted by molar-refractivity contribution is 5.98. The van der Waals surface area contributed by atoms with Crippen LogP contribution in [0.25, 0.3) is 10.8 Å². The van der Waals surface area contributed by atoms with Crippen molar-refractivity contribution in [2.24, 2.45) is 0 Å². The summed E-state index contributed by atoms with van der Waals surface area (Å²) in [5.74, 6) is 0.980. The van der Waals surface area contributed by atoms with Gasteiger partial charge in [-0.1, -0.05) is 12.1 Å². The van der Waals surface area contributed by atoms with Gasteiger partial charge < -0.3 is 14.5 Å². The molecule has 0 atom stereocenters. The molecule has 0 bridgehead atoms. The van der Waals surface area contributed by atoms with Crippen molar-refractivity contribution < 1.29 is 9.53 Å². The minimum absolute atomic E-state index is 0.0594. The number of carbonyl (C=O) groups excluding carboxylic acids is 1. The first-order valence-electron chi connectivity index (χ1n) is 10.1. The van der Waals surface area contributed by atoms with Crippen LogP contribution in [-0.2, 0) is 0 Å². The Hall–Kier alpha value is -2.07. The van der Waals surface area contributed by atoms with Crippen LogP contribution in [0, 0.1) is 0 Å². The standard InChI is InChI=1S/C23H32N2O2/c1-16(2)24(5)23(26)20-7-6-19-15-22(9-8-18(19)14-20)27-21-10-12-25(13-11-21)17(3)4/h6-9,14-17,21H,10-13H2,1-5H3. The van der Waals surface area contributed by atoms with E-state index in [-0.39, 0.29) is 18.1 Å². The zero-order valence-electron chi connectivity index (χ0n) is 17.2. The number of likely N-dealkylation sites (tertiary alicyclic amines) is 1. The molecule has 0 unspecified atom stereocenters. The highest BCUT2D eigenvalue weighted by atomic mass is 16.5. The summed E-state index contributed by atoms with van der Waals surface area (Å²) in [6.45, 7) is 10.8. The molecule has 0 aromatic heterocycles. The van der Waals surface area contributed by atoms with Crippen molar-refractivity contribution in [3.63, 3.8) is 0 Å². The second-order valence-electron chi connectivity index (χ2n) is 8.18. The van der Waals surface area contributed by atoms with Crippen LogP contribution >= 0.6 is 0 Å². The predicted octanol–water partition coefficient (Wildman–Crippen LogP) is 4.57. The third kappa shape index (κ3) is 4.62. The lowest BCUT2D eigenvalue weighted by Gasteiger charge is -2.34. The number of nitrogens with zero attached hydrogens (tertiary/aromatic N) is 2. The van der Waals surface area contributed by atoms with Crippen molar-refractivity contribution in [2.75, 3.05) is 20.1 Å². The van der Waals surface area contributed by atoms with E-state index in [1.165, 1.54) is 0 Å². The van der Waals surface area contributed by atoms with Gasteiger partial charge in [0.1, 0.15) is 11.9 Å². The number of hydrogen-bond acceptors (Lipinski definition) is 3. The number of benzene rings is 2. The molecule has 2 aromatic rings. The Morgan fingerprint density at radius 1 is 1.04 bits per heavy atom. The molecule has 1 amide bonds. The molecular formula is C23H32N2O2. The van der Waals surface area contributed by atoms with Gasteiger partial charge in [-0.2, -0.15) is 0 Å². The van der Waals surface area contributed by atoms with E-state index >= 15 is 0 Å². The summed E-state index contributed by atoms with van der Waals surface area (Å²) in [5, 5.41) is 2.18. The van der Waals surface area contributed by atoms with Crippen LogP contribution in [0.5, 0.6) is 5.75 Å². The predicted molar refractivity (Wildman–Crippen MR) is 112 cm³/mol. The highest BCUT2D eigenvalue weighted by Gasteiger charge is 2.22. The van der Waals surface area contributed by atoms with E-state index in [1.807, 2.05) is 45.2 Å². The summed E-state index contributed by atoms with van der Waals surface area (Å²) in [7, 11) is 1.85. The number of rotatable bonds is 5. The van der Waals surface area contributed by atoms with Gasteiger partial charge in [0, 0.05) is 37.8 Å². The van der Waals surface area contributed by atoms with Crippen molar-refractivity contribution >= 4 is 16.7 Å². The van der Waals surface area contributed by atoms with Crippen LogP contribution in [0.2, 0.25) is 0 Å². The maximum atomic E-state index is 12.5. The van der Waals surface area contributed by atoms with Crippen molar-refractivity contribution in [2.45, 2.75) is 58.7 Å². The lowest BCUT2D eigenvalue weighted by Crippen LogP contribution is -2.41. The SMILES string of the molecule is CC(C)N1CCC(Oc2ccc3cc(C(=O)N(C)C(C)C)ccc3c2)CC1. The fourth-order valence-electron chi connectivity index (χ4n) is 3.57. The lowest BCUT2D eigenvalue weighted by molar-refractivity contribution is 0.0755. The second kappa shape index (κ2) is 8.30. The van der Waals surface area contributed by atoms with Gasteiger partial charge in [-0.25, -0.2) is 0 Å². The van der Waals surface area contributed by atoms with E-state index in [0.29, 0.717) is 6.04 Å². The summed E-state index contributed by atoms with van der Waals surface area (Å²) in [6.07, 6.45) is 2.44. The molecule has 1 aliphatic rings. The topological polar surface area (TPSA) is 32.8 Å². The van der Waals surface area contributed by atoms with Gasteiger partial charge in [-0.05, 0) is 75.6 Å². The summed E-state index contributed by atoms with van der Waals surface area (Å²) in [4.78, 5) is 16.8. The molecule has 27 heavy (non-hydrogen) atoms. The molecule has 0 radical (unpaired) electrons. The van der Waals surface area contributed by atoms with E-state index in [1.54, 1.807) is 4.90 Å². The summed E-state index contributed by atoms with van der Waals surface area (Å²) in [6, 6.07) is 12.9. The summed E-state index contributed by atoms with van der Waals surface area (Å²) in [5.41, 5.74) is 0.730. The Balaban J connectivity index is 1.69. The van der Waals surface area contributed by atoms with Crippen LogP contribution in [0.15, 0.2) is 36.4 Å². The van der Waals surface area contributed by atoms with Crippen molar-refractivity contribution in [1.82, 2.24) is 9.80 Å². The van der Waals surface area contributed by atoms with Gasteiger partial charge in [-0.15, -0.1) is 0 Å². The largest absolute Gasteiger partial charge is 0.490 e. The molecule has 1 saturated heterocycles. The minimum atomic E-state index is 0.0594. The molecule has 1 aliphatic heterocycles. The van der Waals surface area contributed by atoms with Crippen LogP contribution in [0.3, 0.4) is 0 Å². The fraction of sp³-hybridized carbons (Fsp3) is 0.522. The van der Waals surface area contributed by atoms with Crippen LogP contribution in [-0.4, -0.2) is 54.0 Å². The number of ether oxygens (including phenoxy) is 1. The molecule has 4 nitrogen and oxygen atoms in total. The van der Waals surface area contributed by atoms with Crippen LogP contribution in [0.4, 0.5) is 0 Å². The lowest BCUT2D eigenvalue weighted by atomic mass is 10.0. The summed E-state index contributed by atoms with van der Waals surface area (Å²) >= 11 is 0. The molecule has 146 valence electrons. The molecule has 0 spiro atoms. The van der Waals surface area contributed by atoms with E-state index in [0.717, 1.165) is 48.0 Å². The number of hydrogen-bond donors (Lipinski definition) is 0. The highest BCUT2D eigenvalue weighted by Crippen LogP contribution is 2.25. The Morgan fingerprint density at radius 3 is 2.30 bits per heavy atom. The zero-order chi connectivity index (χ0) is 19.6. The Kier molecular flexibility index (Phi) is 6.05.